The van der Waals surface area contributed by atoms with E-state index in [9.17, 15) is 14.4 Å². The van der Waals surface area contributed by atoms with Crippen LogP contribution in [0.15, 0.2) is 48.5 Å². The highest BCUT2D eigenvalue weighted by Crippen LogP contribution is 2.13. The lowest BCUT2D eigenvalue weighted by molar-refractivity contribution is -0.118. The molecule has 6 nitrogen and oxygen atoms in total. The second kappa shape index (κ2) is 10.4. The summed E-state index contributed by atoms with van der Waals surface area (Å²) in [5.41, 5.74) is 3.18. The molecular weight excluding hydrogens is 366 g/mol. The van der Waals surface area contributed by atoms with Crippen LogP contribution in [-0.2, 0) is 11.3 Å². The van der Waals surface area contributed by atoms with E-state index in [4.69, 9.17) is 0 Å². The van der Waals surface area contributed by atoms with Crippen LogP contribution in [-0.4, -0.2) is 23.8 Å². The van der Waals surface area contributed by atoms with Gasteiger partial charge in [0.1, 0.15) is 6.04 Å². The Bertz CT molecular complexity index is 860. The normalized spacial score (nSPS) is 11.6. The van der Waals surface area contributed by atoms with Crippen molar-refractivity contribution in [1.29, 1.82) is 0 Å². The van der Waals surface area contributed by atoms with E-state index in [0.29, 0.717) is 24.2 Å². The molecule has 0 heterocycles. The van der Waals surface area contributed by atoms with Gasteiger partial charge in [-0.1, -0.05) is 55.8 Å². The highest BCUT2D eigenvalue weighted by molar-refractivity contribution is 5.99. The summed E-state index contributed by atoms with van der Waals surface area (Å²) in [6.07, 6.45) is 0.496. The van der Waals surface area contributed by atoms with Crippen molar-refractivity contribution in [3.8, 4) is 0 Å². The van der Waals surface area contributed by atoms with E-state index in [2.05, 4.69) is 16.0 Å². The molecule has 154 valence electrons. The lowest BCUT2D eigenvalue weighted by Gasteiger charge is -2.20. The van der Waals surface area contributed by atoms with Gasteiger partial charge >= 0.3 is 6.03 Å². The summed E-state index contributed by atoms with van der Waals surface area (Å²) in [5, 5.41) is 8.34. The molecule has 3 amide bonds. The van der Waals surface area contributed by atoms with Crippen LogP contribution >= 0.6 is 0 Å². The number of carbonyl (C=O) groups is 3. The van der Waals surface area contributed by atoms with Gasteiger partial charge < -0.3 is 16.0 Å². The summed E-state index contributed by atoms with van der Waals surface area (Å²) < 4.78 is 0. The third-order valence-corrected chi connectivity index (χ3v) is 4.44. The van der Waals surface area contributed by atoms with Crippen LogP contribution in [0.25, 0.3) is 0 Å². The van der Waals surface area contributed by atoms with E-state index >= 15 is 0 Å². The van der Waals surface area contributed by atoms with Crippen LogP contribution in [0.3, 0.4) is 0 Å². The number of benzene rings is 2. The minimum Gasteiger partial charge on any atom is -0.334 e. The van der Waals surface area contributed by atoms with Crippen molar-refractivity contribution in [3.05, 3.63) is 65.2 Å². The minimum absolute atomic E-state index is 0.0755. The van der Waals surface area contributed by atoms with Gasteiger partial charge in [0, 0.05) is 17.8 Å². The van der Waals surface area contributed by atoms with Crippen LogP contribution in [0.2, 0.25) is 0 Å². The van der Waals surface area contributed by atoms with E-state index in [1.807, 2.05) is 45.0 Å². The van der Waals surface area contributed by atoms with E-state index in [1.165, 1.54) is 6.92 Å². The fraction of sp³-hybridized carbons (Fsp3) is 0.348. The molecule has 0 fully saturated rings. The zero-order valence-corrected chi connectivity index (χ0v) is 17.4. The molecular formula is C23H29N3O3. The number of hydrogen-bond donors (Lipinski definition) is 3. The average Bonchev–Trinajstić information content (AvgIpc) is 2.67. The highest BCUT2D eigenvalue weighted by Gasteiger charge is 2.22. The lowest BCUT2D eigenvalue weighted by atomic mass is 10.0. The van der Waals surface area contributed by atoms with Gasteiger partial charge in [-0.05, 0) is 43.9 Å². The molecule has 0 bridgehead atoms. The smallest absolute Gasteiger partial charge is 0.315 e. The molecule has 0 aromatic heterocycles. The summed E-state index contributed by atoms with van der Waals surface area (Å²) in [4.78, 5) is 36.6. The topological polar surface area (TPSA) is 87.3 Å². The number of ketones is 1. The molecule has 0 aliphatic carbocycles. The van der Waals surface area contributed by atoms with Crippen molar-refractivity contribution in [3.63, 3.8) is 0 Å². The molecule has 0 radical (unpaired) electrons. The Kier molecular flexibility index (Phi) is 7.95. The molecule has 29 heavy (non-hydrogen) atoms. The minimum atomic E-state index is -0.686. The molecule has 0 saturated heterocycles. The van der Waals surface area contributed by atoms with Gasteiger partial charge in [-0.3, -0.25) is 9.59 Å². The van der Waals surface area contributed by atoms with Gasteiger partial charge in [0.05, 0.1) is 0 Å². The maximum atomic E-state index is 12.7. The second-order valence-electron chi connectivity index (χ2n) is 7.62. The number of amides is 3. The molecule has 1 unspecified atom stereocenters. The van der Waals surface area contributed by atoms with E-state index in [0.717, 1.165) is 11.1 Å². The number of anilines is 1. The molecule has 6 heteroatoms. The number of aryl methyl sites for hydroxylation is 1. The van der Waals surface area contributed by atoms with Gasteiger partial charge in [-0.2, -0.15) is 0 Å². The fourth-order valence-corrected chi connectivity index (χ4v) is 2.85. The average molecular weight is 396 g/mol. The summed E-state index contributed by atoms with van der Waals surface area (Å²) in [5.74, 6) is -0.176. The van der Waals surface area contributed by atoms with Crippen molar-refractivity contribution < 1.29 is 14.4 Å². The fourth-order valence-electron chi connectivity index (χ4n) is 2.85. The molecule has 2 aromatic carbocycles. The number of carbonyl (C=O) groups excluding carboxylic acids is 3. The third kappa shape index (κ3) is 7.41. The van der Waals surface area contributed by atoms with Crippen LogP contribution in [0.1, 0.15) is 48.7 Å². The van der Waals surface area contributed by atoms with E-state index in [1.54, 1.807) is 24.3 Å². The first kappa shape index (κ1) is 22.1. The molecule has 0 aliphatic rings. The van der Waals surface area contributed by atoms with Crippen LogP contribution in [0.4, 0.5) is 10.5 Å². The first-order valence-electron chi connectivity index (χ1n) is 9.76. The van der Waals surface area contributed by atoms with Crippen LogP contribution < -0.4 is 16.0 Å². The standard InChI is InChI=1S/C23H29N3O3/c1-15(2)12-21(22(28)25-20-7-5-6-19(13-20)17(4)27)26-23(29)24-14-18-10-8-16(3)9-11-18/h5-11,13,15,21H,12,14H2,1-4H3,(H,25,28)(H2,24,26,29). The number of nitrogens with one attached hydrogen (secondary N) is 3. The van der Waals surface area contributed by atoms with Crippen molar-refractivity contribution in [2.45, 2.75) is 46.7 Å². The largest absolute Gasteiger partial charge is 0.334 e. The number of urea groups is 1. The quantitative estimate of drug-likeness (QED) is 0.589. The van der Waals surface area contributed by atoms with Crippen LogP contribution in [0, 0.1) is 12.8 Å². The molecule has 0 spiro atoms. The van der Waals surface area contributed by atoms with Crippen molar-refractivity contribution >= 4 is 23.4 Å². The first-order valence-corrected chi connectivity index (χ1v) is 9.76. The first-order chi connectivity index (χ1) is 13.7. The van der Waals surface area contributed by atoms with Crippen molar-refractivity contribution in [2.24, 2.45) is 5.92 Å². The second-order valence-corrected chi connectivity index (χ2v) is 7.62. The number of rotatable bonds is 8. The Morgan fingerprint density at radius 1 is 1.00 bits per heavy atom. The Balaban J connectivity index is 1.99. The number of Topliss-reactive ketones (excluding diaryl/α,β-unsaturated/α-hetero) is 1. The summed E-state index contributed by atoms with van der Waals surface area (Å²) in [7, 11) is 0. The van der Waals surface area contributed by atoms with E-state index < -0.39 is 12.1 Å². The lowest BCUT2D eigenvalue weighted by Crippen LogP contribution is -2.48. The SMILES string of the molecule is CC(=O)c1cccc(NC(=O)C(CC(C)C)NC(=O)NCc2ccc(C)cc2)c1. The van der Waals surface area contributed by atoms with Gasteiger partial charge in [0.25, 0.3) is 0 Å². The predicted molar refractivity (Wildman–Crippen MR) is 115 cm³/mol. The molecule has 1 atom stereocenters. The van der Waals surface area contributed by atoms with Gasteiger partial charge in [-0.25, -0.2) is 4.79 Å². The zero-order valence-electron chi connectivity index (χ0n) is 17.4. The Morgan fingerprint density at radius 3 is 2.31 bits per heavy atom. The maximum Gasteiger partial charge on any atom is 0.315 e. The third-order valence-electron chi connectivity index (χ3n) is 4.44. The monoisotopic (exact) mass is 395 g/mol. The molecule has 0 aliphatic heterocycles. The van der Waals surface area contributed by atoms with E-state index in [-0.39, 0.29) is 17.6 Å². The molecule has 3 N–H and O–H groups in total. The van der Waals surface area contributed by atoms with Gasteiger partial charge in [-0.15, -0.1) is 0 Å². The molecule has 2 rings (SSSR count). The van der Waals surface area contributed by atoms with Gasteiger partial charge in [0.2, 0.25) is 5.91 Å². The summed E-state index contributed by atoms with van der Waals surface area (Å²) in [6.45, 7) is 7.83. The maximum absolute atomic E-state index is 12.7. The predicted octanol–water partition coefficient (Wildman–Crippen LogP) is 4.05. The Morgan fingerprint density at radius 2 is 1.69 bits per heavy atom. The summed E-state index contributed by atoms with van der Waals surface area (Å²) in [6, 6.07) is 13.5. The van der Waals surface area contributed by atoms with Crippen molar-refractivity contribution in [1.82, 2.24) is 10.6 Å². The summed E-state index contributed by atoms with van der Waals surface area (Å²) >= 11 is 0. The number of hydrogen-bond acceptors (Lipinski definition) is 3. The van der Waals surface area contributed by atoms with Crippen molar-refractivity contribution in [2.75, 3.05) is 5.32 Å². The highest BCUT2D eigenvalue weighted by atomic mass is 16.2. The molecule has 0 saturated carbocycles. The zero-order chi connectivity index (χ0) is 21.4. The van der Waals surface area contributed by atoms with Gasteiger partial charge in [0.15, 0.2) is 5.78 Å². The Labute approximate surface area is 172 Å². The van der Waals surface area contributed by atoms with Crippen LogP contribution in [0.5, 0.6) is 0 Å². The Hall–Kier alpha value is -3.15. The molecule has 2 aromatic rings.